The number of amides is 1. The van der Waals surface area contributed by atoms with Gasteiger partial charge in [0.15, 0.2) is 18.1 Å². The summed E-state index contributed by atoms with van der Waals surface area (Å²) in [6.07, 6.45) is 0.509. The van der Waals surface area contributed by atoms with E-state index in [4.69, 9.17) is 21.1 Å². The van der Waals surface area contributed by atoms with Crippen molar-refractivity contribution >= 4 is 23.5 Å². The Morgan fingerprint density at radius 1 is 1.17 bits per heavy atom. The maximum absolute atomic E-state index is 12.0. The number of hydrogen-bond donors (Lipinski definition) is 3. The van der Waals surface area contributed by atoms with Gasteiger partial charge in [-0.15, -0.1) is 0 Å². The van der Waals surface area contributed by atoms with E-state index in [9.17, 15) is 14.7 Å². The van der Waals surface area contributed by atoms with Crippen LogP contribution in [-0.2, 0) is 16.1 Å². The third kappa shape index (κ3) is 9.37. The molecule has 0 aliphatic rings. The molecule has 0 saturated carbocycles. The molecule has 1 rings (SSSR count). The molecule has 0 heterocycles. The van der Waals surface area contributed by atoms with Gasteiger partial charge in [0.25, 0.3) is 5.91 Å². The monoisotopic (exact) mass is 428 g/mol. The minimum atomic E-state index is -0.898. The Morgan fingerprint density at radius 3 is 2.31 bits per heavy atom. The van der Waals surface area contributed by atoms with Crippen LogP contribution < -0.4 is 20.1 Å². The van der Waals surface area contributed by atoms with Crippen molar-refractivity contribution in [2.45, 2.75) is 66.1 Å². The first-order valence-electron chi connectivity index (χ1n) is 9.78. The molecule has 1 atom stereocenters. The summed E-state index contributed by atoms with van der Waals surface area (Å²) in [5, 5.41) is 15.6. The zero-order valence-corrected chi connectivity index (χ0v) is 18.9. The van der Waals surface area contributed by atoms with Gasteiger partial charge >= 0.3 is 5.97 Å². The van der Waals surface area contributed by atoms with Crippen molar-refractivity contribution < 1.29 is 24.2 Å². The van der Waals surface area contributed by atoms with Crippen molar-refractivity contribution in [3.63, 3.8) is 0 Å². The lowest BCUT2D eigenvalue weighted by molar-refractivity contribution is -0.140. The molecule has 1 unspecified atom stereocenters. The Morgan fingerprint density at radius 2 is 1.79 bits per heavy atom. The van der Waals surface area contributed by atoms with E-state index in [0.29, 0.717) is 35.1 Å². The zero-order valence-electron chi connectivity index (χ0n) is 18.1. The summed E-state index contributed by atoms with van der Waals surface area (Å²) in [6.45, 7) is 12.0. The Bertz CT molecular complexity index is 701. The molecule has 0 fully saturated rings. The third-order valence-electron chi connectivity index (χ3n) is 3.83. The summed E-state index contributed by atoms with van der Waals surface area (Å²) in [5.41, 5.74) is 0.337. The summed E-state index contributed by atoms with van der Waals surface area (Å²) < 4.78 is 11.2. The molecule has 0 aromatic heterocycles. The van der Waals surface area contributed by atoms with Crippen LogP contribution in [0.4, 0.5) is 0 Å². The number of aliphatic carboxylic acids is 1. The van der Waals surface area contributed by atoms with Gasteiger partial charge in [-0.05, 0) is 51.7 Å². The van der Waals surface area contributed by atoms with Crippen molar-refractivity contribution in [3.05, 3.63) is 22.7 Å². The average Bonchev–Trinajstić information content (AvgIpc) is 2.57. The van der Waals surface area contributed by atoms with E-state index in [1.807, 2.05) is 41.5 Å². The van der Waals surface area contributed by atoms with Crippen LogP contribution in [0.25, 0.3) is 0 Å². The van der Waals surface area contributed by atoms with E-state index in [1.165, 1.54) is 0 Å². The second-order valence-electron chi connectivity index (χ2n) is 8.31. The van der Waals surface area contributed by atoms with E-state index >= 15 is 0 Å². The van der Waals surface area contributed by atoms with Gasteiger partial charge in [-0.3, -0.25) is 9.59 Å². The van der Waals surface area contributed by atoms with Crippen LogP contribution in [0, 0.1) is 5.92 Å². The third-order valence-corrected chi connectivity index (χ3v) is 4.18. The average molecular weight is 429 g/mol. The van der Waals surface area contributed by atoms with Crippen LogP contribution >= 0.6 is 11.6 Å². The van der Waals surface area contributed by atoms with Crippen LogP contribution in [0.3, 0.4) is 0 Å². The highest BCUT2D eigenvalue weighted by Gasteiger charge is 2.20. The van der Waals surface area contributed by atoms with Gasteiger partial charge in [-0.25, -0.2) is 0 Å². The molecule has 0 bridgehead atoms. The first-order valence-corrected chi connectivity index (χ1v) is 10.2. The van der Waals surface area contributed by atoms with Gasteiger partial charge < -0.3 is 25.2 Å². The quantitative estimate of drug-likeness (QED) is 0.498. The number of rotatable bonds is 11. The number of carboxylic acid groups (broad SMARTS) is 1. The number of benzene rings is 1. The zero-order chi connectivity index (χ0) is 22.2. The Labute approximate surface area is 178 Å². The summed E-state index contributed by atoms with van der Waals surface area (Å²) in [7, 11) is 0. The second-order valence-corrected chi connectivity index (χ2v) is 8.72. The van der Waals surface area contributed by atoms with Crippen LogP contribution in [0.2, 0.25) is 5.02 Å². The fourth-order valence-electron chi connectivity index (χ4n) is 2.67. The summed E-state index contributed by atoms with van der Waals surface area (Å²) >= 11 is 6.37. The smallest absolute Gasteiger partial charge is 0.320 e. The van der Waals surface area contributed by atoms with Crippen LogP contribution in [0.15, 0.2) is 12.1 Å². The lowest BCUT2D eigenvalue weighted by Gasteiger charge is -2.21. The molecule has 0 spiro atoms. The normalized spacial score (nSPS) is 12.6. The van der Waals surface area contributed by atoms with Gasteiger partial charge in [-0.1, -0.05) is 25.4 Å². The molecule has 1 aromatic carbocycles. The maximum atomic E-state index is 12.0. The molecule has 3 N–H and O–H groups in total. The van der Waals surface area contributed by atoms with Crippen molar-refractivity contribution in [1.29, 1.82) is 0 Å². The molecule has 0 saturated heterocycles. The van der Waals surface area contributed by atoms with Crippen LogP contribution in [-0.4, -0.2) is 41.8 Å². The molecule has 29 heavy (non-hydrogen) atoms. The summed E-state index contributed by atoms with van der Waals surface area (Å²) in [6, 6.07) is 2.63. The maximum Gasteiger partial charge on any atom is 0.320 e. The first-order chi connectivity index (χ1) is 13.4. The summed E-state index contributed by atoms with van der Waals surface area (Å²) in [4.78, 5) is 23.4. The standard InChI is InChI=1S/C21H33ClN2O5/c1-7-28-17-9-14(11-23-16(20(26)27)8-13(2)3)15(22)10-18(17)29-12-19(25)24-21(4,5)6/h9-10,13,16,23H,7-8,11-12H2,1-6H3,(H,24,25)(H,26,27). The van der Waals surface area contributed by atoms with Crippen LogP contribution in [0.5, 0.6) is 11.5 Å². The molecule has 1 amide bonds. The molecule has 0 aliphatic heterocycles. The van der Waals surface area contributed by atoms with E-state index in [-0.39, 0.29) is 30.5 Å². The fourth-order valence-corrected chi connectivity index (χ4v) is 2.89. The molecule has 164 valence electrons. The molecule has 1 aromatic rings. The minimum Gasteiger partial charge on any atom is -0.490 e. The number of ether oxygens (including phenoxy) is 2. The van der Waals surface area contributed by atoms with Crippen molar-refractivity contribution in [2.24, 2.45) is 5.92 Å². The first kappa shape index (κ1) is 25.0. The molecular formula is C21H33ClN2O5. The highest BCUT2D eigenvalue weighted by molar-refractivity contribution is 6.31. The van der Waals surface area contributed by atoms with Gasteiger partial charge in [0.1, 0.15) is 6.04 Å². The second kappa shape index (κ2) is 11.3. The Hall–Kier alpha value is -1.99. The van der Waals surface area contributed by atoms with Crippen molar-refractivity contribution in [2.75, 3.05) is 13.2 Å². The predicted molar refractivity (Wildman–Crippen MR) is 114 cm³/mol. The van der Waals surface area contributed by atoms with E-state index < -0.39 is 12.0 Å². The minimum absolute atomic E-state index is 0.166. The number of carbonyl (C=O) groups excluding carboxylic acids is 1. The van der Waals surface area contributed by atoms with E-state index in [1.54, 1.807) is 12.1 Å². The number of hydrogen-bond acceptors (Lipinski definition) is 5. The largest absolute Gasteiger partial charge is 0.490 e. The summed E-state index contributed by atoms with van der Waals surface area (Å²) in [5.74, 6) is -0.0906. The highest BCUT2D eigenvalue weighted by Crippen LogP contribution is 2.34. The topological polar surface area (TPSA) is 96.9 Å². The highest BCUT2D eigenvalue weighted by atomic mass is 35.5. The number of carbonyl (C=O) groups is 2. The van der Waals surface area contributed by atoms with Gasteiger partial charge in [0.05, 0.1) is 6.61 Å². The van der Waals surface area contributed by atoms with Crippen molar-refractivity contribution in [3.8, 4) is 11.5 Å². The lowest BCUT2D eigenvalue weighted by Crippen LogP contribution is -2.43. The van der Waals surface area contributed by atoms with E-state index in [0.717, 1.165) is 0 Å². The van der Waals surface area contributed by atoms with Gasteiger partial charge in [0, 0.05) is 23.2 Å². The molecule has 7 nitrogen and oxygen atoms in total. The van der Waals surface area contributed by atoms with Crippen LogP contribution in [0.1, 0.15) is 53.5 Å². The number of carboxylic acids is 1. The number of halogens is 1. The molecular weight excluding hydrogens is 396 g/mol. The van der Waals surface area contributed by atoms with Crippen molar-refractivity contribution in [1.82, 2.24) is 10.6 Å². The fraction of sp³-hybridized carbons (Fsp3) is 0.619. The van der Waals surface area contributed by atoms with Gasteiger partial charge in [0.2, 0.25) is 0 Å². The van der Waals surface area contributed by atoms with E-state index in [2.05, 4.69) is 10.6 Å². The Balaban J connectivity index is 2.91. The molecule has 8 heteroatoms. The SMILES string of the molecule is CCOc1cc(CNC(CC(C)C)C(=O)O)c(Cl)cc1OCC(=O)NC(C)(C)C. The lowest BCUT2D eigenvalue weighted by atomic mass is 10.0. The molecule has 0 aliphatic carbocycles. The Kier molecular flexibility index (Phi) is 9.73. The predicted octanol–water partition coefficient (Wildman–Crippen LogP) is 3.62. The number of nitrogens with one attached hydrogen (secondary N) is 2. The van der Waals surface area contributed by atoms with Gasteiger partial charge in [-0.2, -0.15) is 0 Å². The molecule has 0 radical (unpaired) electrons.